The highest BCUT2D eigenvalue weighted by Gasteiger charge is 2.20. The van der Waals surface area contributed by atoms with Crippen LogP contribution in [0.25, 0.3) is 0 Å². The van der Waals surface area contributed by atoms with Crippen LogP contribution in [0.2, 0.25) is 0 Å². The summed E-state index contributed by atoms with van der Waals surface area (Å²) in [6, 6.07) is 8.80. The van der Waals surface area contributed by atoms with Gasteiger partial charge in [0.25, 0.3) is 0 Å². The van der Waals surface area contributed by atoms with Crippen molar-refractivity contribution in [1.82, 2.24) is 0 Å². The summed E-state index contributed by atoms with van der Waals surface area (Å²) in [4.78, 5) is 11.3. The number of para-hydroxylation sites is 1. The van der Waals surface area contributed by atoms with Crippen LogP contribution in [0.4, 0.5) is 5.69 Å². The number of carboxylic acids is 1. The van der Waals surface area contributed by atoms with Gasteiger partial charge >= 0.3 is 5.97 Å². The number of thiophene rings is 1. The minimum Gasteiger partial charge on any atom is -0.479 e. The smallest absolute Gasteiger partial charge is 0.330 e. The van der Waals surface area contributed by atoms with E-state index in [1.165, 1.54) is 11.3 Å². The first-order valence-electron chi connectivity index (χ1n) is 5.25. The number of carboxylic acid groups (broad SMARTS) is 1. The van der Waals surface area contributed by atoms with Crippen LogP contribution in [0.5, 0.6) is 0 Å². The first-order valence-corrected chi connectivity index (χ1v) is 6.20. The van der Waals surface area contributed by atoms with Gasteiger partial charge in [-0.2, -0.15) is 11.3 Å². The van der Waals surface area contributed by atoms with Crippen molar-refractivity contribution in [1.29, 1.82) is 0 Å². The summed E-state index contributed by atoms with van der Waals surface area (Å²) in [5.74, 6) is -0.869. The van der Waals surface area contributed by atoms with Crippen molar-refractivity contribution in [2.45, 2.75) is 13.0 Å². The van der Waals surface area contributed by atoms with E-state index in [4.69, 9.17) is 0 Å². The molecule has 0 aliphatic heterocycles. The molecule has 17 heavy (non-hydrogen) atoms. The van der Waals surface area contributed by atoms with Crippen LogP contribution in [0.3, 0.4) is 0 Å². The summed E-state index contributed by atoms with van der Waals surface area (Å²) in [7, 11) is 0. The predicted octanol–water partition coefficient (Wildman–Crippen LogP) is 3.29. The van der Waals surface area contributed by atoms with Crippen LogP contribution in [0.15, 0.2) is 41.1 Å². The summed E-state index contributed by atoms with van der Waals surface area (Å²) >= 11 is 1.50. The molecule has 1 unspecified atom stereocenters. The average molecular weight is 247 g/mol. The van der Waals surface area contributed by atoms with Gasteiger partial charge in [0.2, 0.25) is 0 Å². The van der Waals surface area contributed by atoms with Crippen molar-refractivity contribution in [3.05, 3.63) is 52.2 Å². The summed E-state index contributed by atoms with van der Waals surface area (Å²) in [6.07, 6.45) is 0. The van der Waals surface area contributed by atoms with E-state index in [1.54, 1.807) is 0 Å². The number of anilines is 1. The molecule has 4 heteroatoms. The molecule has 2 rings (SSSR count). The Balaban J connectivity index is 2.26. The molecule has 0 spiro atoms. The van der Waals surface area contributed by atoms with Crippen molar-refractivity contribution < 1.29 is 9.90 Å². The maximum Gasteiger partial charge on any atom is 0.330 e. The van der Waals surface area contributed by atoms with Crippen LogP contribution < -0.4 is 5.32 Å². The van der Waals surface area contributed by atoms with Crippen LogP contribution in [-0.2, 0) is 4.79 Å². The Kier molecular flexibility index (Phi) is 3.44. The van der Waals surface area contributed by atoms with Gasteiger partial charge in [-0.15, -0.1) is 0 Å². The Morgan fingerprint density at radius 2 is 2.12 bits per heavy atom. The highest BCUT2D eigenvalue weighted by Crippen LogP contribution is 2.23. The van der Waals surface area contributed by atoms with Gasteiger partial charge < -0.3 is 10.4 Å². The highest BCUT2D eigenvalue weighted by molar-refractivity contribution is 7.08. The van der Waals surface area contributed by atoms with Gasteiger partial charge in [-0.1, -0.05) is 18.2 Å². The number of hydrogen-bond acceptors (Lipinski definition) is 3. The van der Waals surface area contributed by atoms with Gasteiger partial charge in [-0.05, 0) is 40.9 Å². The van der Waals surface area contributed by atoms with E-state index in [1.807, 2.05) is 48.0 Å². The third kappa shape index (κ3) is 2.65. The Morgan fingerprint density at radius 3 is 2.71 bits per heavy atom. The standard InChI is InChI=1S/C13H13NO2S/c1-9-4-2-3-5-11(9)14-12(13(15)16)10-6-7-17-8-10/h2-8,12,14H,1H3,(H,15,16). The normalized spacial score (nSPS) is 12.1. The molecule has 3 nitrogen and oxygen atoms in total. The second-order valence-corrected chi connectivity index (χ2v) is 4.57. The molecule has 2 aromatic rings. The molecule has 0 saturated heterocycles. The van der Waals surface area contributed by atoms with Crippen molar-refractivity contribution in [2.75, 3.05) is 5.32 Å². The quantitative estimate of drug-likeness (QED) is 0.871. The lowest BCUT2D eigenvalue weighted by molar-refractivity contribution is -0.138. The molecule has 0 aliphatic rings. The lowest BCUT2D eigenvalue weighted by Gasteiger charge is -2.16. The number of carbonyl (C=O) groups is 1. The first kappa shape index (κ1) is 11.7. The Hall–Kier alpha value is -1.81. The highest BCUT2D eigenvalue weighted by atomic mass is 32.1. The predicted molar refractivity (Wildman–Crippen MR) is 69.5 cm³/mol. The van der Waals surface area contributed by atoms with Gasteiger partial charge in [-0.3, -0.25) is 0 Å². The number of aliphatic carboxylic acids is 1. The molecule has 2 N–H and O–H groups in total. The number of aryl methyl sites for hydroxylation is 1. The minimum absolute atomic E-state index is 0.692. The summed E-state index contributed by atoms with van der Waals surface area (Å²) < 4.78 is 0. The molecule has 1 heterocycles. The zero-order valence-electron chi connectivity index (χ0n) is 9.38. The molecule has 1 atom stereocenters. The molecular weight excluding hydrogens is 234 g/mol. The van der Waals surface area contributed by atoms with Crippen LogP contribution in [-0.4, -0.2) is 11.1 Å². The zero-order valence-corrected chi connectivity index (χ0v) is 10.2. The zero-order chi connectivity index (χ0) is 12.3. The molecule has 0 bridgehead atoms. The van der Waals surface area contributed by atoms with E-state index in [0.29, 0.717) is 0 Å². The lowest BCUT2D eigenvalue weighted by Crippen LogP contribution is -2.20. The van der Waals surface area contributed by atoms with Crippen molar-refractivity contribution in [3.63, 3.8) is 0 Å². The molecule has 0 saturated carbocycles. The van der Waals surface area contributed by atoms with Crippen molar-refractivity contribution in [3.8, 4) is 0 Å². The second kappa shape index (κ2) is 5.01. The topological polar surface area (TPSA) is 49.3 Å². The SMILES string of the molecule is Cc1ccccc1NC(C(=O)O)c1ccsc1. The van der Waals surface area contributed by atoms with Gasteiger partial charge in [0.15, 0.2) is 6.04 Å². The van der Waals surface area contributed by atoms with E-state index < -0.39 is 12.0 Å². The largest absolute Gasteiger partial charge is 0.479 e. The third-order valence-corrected chi connectivity index (χ3v) is 3.27. The molecule has 1 aromatic carbocycles. The first-order chi connectivity index (χ1) is 8.18. The number of hydrogen-bond donors (Lipinski definition) is 2. The molecule has 1 aromatic heterocycles. The number of benzene rings is 1. The van der Waals surface area contributed by atoms with E-state index in [2.05, 4.69) is 5.32 Å². The molecule has 0 fully saturated rings. The molecule has 0 amide bonds. The summed E-state index contributed by atoms with van der Waals surface area (Å²) in [5.41, 5.74) is 2.67. The van der Waals surface area contributed by atoms with Gasteiger partial charge in [0.1, 0.15) is 0 Å². The maximum atomic E-state index is 11.3. The second-order valence-electron chi connectivity index (χ2n) is 3.79. The Labute approximate surface area is 104 Å². The van der Waals surface area contributed by atoms with Crippen LogP contribution in [0.1, 0.15) is 17.2 Å². The summed E-state index contributed by atoms with van der Waals surface area (Å²) in [6.45, 7) is 1.95. The molecule has 0 radical (unpaired) electrons. The fraction of sp³-hybridized carbons (Fsp3) is 0.154. The molecular formula is C13H13NO2S. The monoisotopic (exact) mass is 247 g/mol. The third-order valence-electron chi connectivity index (χ3n) is 2.57. The Morgan fingerprint density at radius 1 is 1.35 bits per heavy atom. The fourth-order valence-electron chi connectivity index (χ4n) is 1.62. The fourth-order valence-corrected chi connectivity index (χ4v) is 2.30. The van der Waals surface area contributed by atoms with E-state index >= 15 is 0 Å². The molecule has 88 valence electrons. The number of rotatable bonds is 4. The minimum atomic E-state index is -0.869. The van der Waals surface area contributed by atoms with Gasteiger partial charge in [0, 0.05) is 5.69 Å². The Bertz CT molecular complexity index is 508. The number of nitrogens with one attached hydrogen (secondary N) is 1. The van der Waals surface area contributed by atoms with Crippen molar-refractivity contribution >= 4 is 23.0 Å². The average Bonchev–Trinajstić information content (AvgIpc) is 2.81. The van der Waals surface area contributed by atoms with Crippen molar-refractivity contribution in [2.24, 2.45) is 0 Å². The lowest BCUT2D eigenvalue weighted by atomic mass is 10.1. The molecule has 0 aliphatic carbocycles. The van der Waals surface area contributed by atoms with Crippen LogP contribution >= 0.6 is 11.3 Å². The van der Waals surface area contributed by atoms with E-state index in [0.717, 1.165) is 16.8 Å². The van der Waals surface area contributed by atoms with E-state index in [9.17, 15) is 9.90 Å². The maximum absolute atomic E-state index is 11.3. The van der Waals surface area contributed by atoms with Gasteiger partial charge in [-0.25, -0.2) is 4.79 Å². The van der Waals surface area contributed by atoms with E-state index in [-0.39, 0.29) is 0 Å². The van der Waals surface area contributed by atoms with Crippen LogP contribution in [0, 0.1) is 6.92 Å². The van der Waals surface area contributed by atoms with Gasteiger partial charge in [0.05, 0.1) is 0 Å². The summed E-state index contributed by atoms with van der Waals surface area (Å²) in [5, 5.41) is 16.0.